The highest BCUT2D eigenvalue weighted by molar-refractivity contribution is 5.87. The average molecular weight is 343 g/mol. The van der Waals surface area contributed by atoms with Gasteiger partial charge in [-0.25, -0.2) is 4.79 Å². The lowest BCUT2D eigenvalue weighted by molar-refractivity contribution is 0.224. The Morgan fingerprint density at radius 2 is 1.96 bits per heavy atom. The molecule has 0 aliphatic carbocycles. The maximum absolute atomic E-state index is 12.0. The highest BCUT2D eigenvalue weighted by Crippen LogP contribution is 2.15. The van der Waals surface area contributed by atoms with E-state index >= 15 is 0 Å². The van der Waals surface area contributed by atoms with Crippen LogP contribution < -0.4 is 15.5 Å². The molecule has 7 nitrogen and oxygen atoms in total. The summed E-state index contributed by atoms with van der Waals surface area (Å²) < 4.78 is 4.98. The minimum absolute atomic E-state index is 0.0484. The Morgan fingerprint density at radius 1 is 1.24 bits per heavy atom. The Balaban J connectivity index is 1.40. The minimum Gasteiger partial charge on any atom is -0.369 e. The second-order valence-corrected chi connectivity index (χ2v) is 6.46. The van der Waals surface area contributed by atoms with Gasteiger partial charge in [-0.05, 0) is 26.0 Å². The van der Waals surface area contributed by atoms with Gasteiger partial charge in [-0.3, -0.25) is 10.2 Å². The fourth-order valence-corrected chi connectivity index (χ4v) is 3.05. The number of rotatable bonds is 5. The molecule has 1 aliphatic rings. The zero-order valence-electron chi connectivity index (χ0n) is 14.7. The van der Waals surface area contributed by atoms with E-state index in [1.165, 1.54) is 5.69 Å². The molecule has 1 saturated heterocycles. The van der Waals surface area contributed by atoms with E-state index in [0.717, 1.165) is 38.4 Å². The Morgan fingerprint density at radius 3 is 2.60 bits per heavy atom. The van der Waals surface area contributed by atoms with Crippen molar-refractivity contribution in [2.45, 2.75) is 19.9 Å². The molecule has 1 fully saturated rings. The third-order valence-corrected chi connectivity index (χ3v) is 4.27. The number of amides is 2. The molecule has 2 N–H and O–H groups in total. The predicted octanol–water partition coefficient (Wildman–Crippen LogP) is 2.32. The van der Waals surface area contributed by atoms with Crippen molar-refractivity contribution in [3.05, 3.63) is 42.1 Å². The molecule has 0 bridgehead atoms. The van der Waals surface area contributed by atoms with E-state index in [9.17, 15) is 4.79 Å². The molecule has 25 heavy (non-hydrogen) atoms. The van der Waals surface area contributed by atoms with Gasteiger partial charge in [0.25, 0.3) is 0 Å². The van der Waals surface area contributed by atoms with E-state index in [4.69, 9.17) is 4.52 Å². The van der Waals surface area contributed by atoms with Gasteiger partial charge in [0.1, 0.15) is 0 Å². The van der Waals surface area contributed by atoms with Crippen LogP contribution in [0.25, 0.3) is 0 Å². The van der Waals surface area contributed by atoms with Gasteiger partial charge in [0.15, 0.2) is 0 Å². The summed E-state index contributed by atoms with van der Waals surface area (Å²) in [6.45, 7) is 8.62. The number of benzene rings is 1. The summed E-state index contributed by atoms with van der Waals surface area (Å²) in [6.07, 6.45) is 0. The fourth-order valence-electron chi connectivity index (χ4n) is 3.05. The molecular formula is C18H25N5O2. The normalized spacial score (nSPS) is 16.5. The molecule has 7 heteroatoms. The number of hydrogen-bond acceptors (Lipinski definition) is 5. The number of nitrogens with zero attached hydrogens (tertiary/aromatic N) is 3. The van der Waals surface area contributed by atoms with Crippen LogP contribution in [0, 0.1) is 6.92 Å². The summed E-state index contributed by atoms with van der Waals surface area (Å²) in [5, 5.41) is 9.33. The largest absolute Gasteiger partial charge is 0.369 e. The third kappa shape index (κ3) is 4.96. The molecule has 0 spiro atoms. The number of hydrogen-bond donors (Lipinski definition) is 2. The number of carbonyl (C=O) groups is 1. The van der Waals surface area contributed by atoms with Crippen LogP contribution >= 0.6 is 0 Å². The van der Waals surface area contributed by atoms with Crippen LogP contribution in [-0.4, -0.2) is 54.9 Å². The first kappa shape index (κ1) is 17.3. The maximum Gasteiger partial charge on any atom is 0.321 e. The highest BCUT2D eigenvalue weighted by atomic mass is 16.5. The van der Waals surface area contributed by atoms with Gasteiger partial charge >= 0.3 is 6.03 Å². The molecule has 2 amide bonds. The smallest absolute Gasteiger partial charge is 0.321 e. The van der Waals surface area contributed by atoms with Gasteiger partial charge in [0, 0.05) is 50.5 Å². The molecule has 1 aromatic heterocycles. The molecule has 1 aliphatic heterocycles. The summed E-state index contributed by atoms with van der Waals surface area (Å²) >= 11 is 0. The fraction of sp³-hybridized carbons (Fsp3) is 0.444. The van der Waals surface area contributed by atoms with Crippen molar-refractivity contribution in [1.29, 1.82) is 0 Å². The predicted molar refractivity (Wildman–Crippen MR) is 98.0 cm³/mol. The van der Waals surface area contributed by atoms with Gasteiger partial charge in [0.05, 0.1) is 5.69 Å². The number of nitrogens with one attached hydrogen (secondary N) is 2. The van der Waals surface area contributed by atoms with Crippen LogP contribution in [0.1, 0.15) is 12.6 Å². The van der Waals surface area contributed by atoms with Crippen LogP contribution in [-0.2, 0) is 0 Å². The number of anilines is 2. The van der Waals surface area contributed by atoms with Crippen molar-refractivity contribution < 1.29 is 9.32 Å². The molecule has 1 atom stereocenters. The van der Waals surface area contributed by atoms with E-state index in [-0.39, 0.29) is 12.1 Å². The first-order valence-corrected chi connectivity index (χ1v) is 8.63. The van der Waals surface area contributed by atoms with Crippen LogP contribution in [0.2, 0.25) is 0 Å². The molecule has 2 aromatic rings. The van der Waals surface area contributed by atoms with Crippen molar-refractivity contribution in [3.8, 4) is 0 Å². The third-order valence-electron chi connectivity index (χ3n) is 4.27. The van der Waals surface area contributed by atoms with Crippen LogP contribution in [0.5, 0.6) is 0 Å². The van der Waals surface area contributed by atoms with Crippen molar-refractivity contribution >= 4 is 17.6 Å². The van der Waals surface area contributed by atoms with E-state index in [2.05, 4.69) is 49.9 Å². The Kier molecular flexibility index (Phi) is 5.55. The molecule has 2 heterocycles. The molecule has 1 aromatic carbocycles. The number of piperazine rings is 1. The maximum atomic E-state index is 12.0. The molecule has 0 radical (unpaired) electrons. The van der Waals surface area contributed by atoms with Crippen LogP contribution in [0.15, 0.2) is 40.9 Å². The number of aryl methyl sites for hydroxylation is 1. The van der Waals surface area contributed by atoms with Gasteiger partial charge in [-0.15, -0.1) is 0 Å². The van der Waals surface area contributed by atoms with Crippen LogP contribution in [0.4, 0.5) is 16.4 Å². The average Bonchev–Trinajstić information content (AvgIpc) is 3.01. The topological polar surface area (TPSA) is 73.6 Å². The molecular weight excluding hydrogens is 318 g/mol. The number of urea groups is 1. The molecule has 3 rings (SSSR count). The lowest BCUT2D eigenvalue weighted by atomic mass is 10.2. The minimum atomic E-state index is -0.272. The zero-order valence-corrected chi connectivity index (χ0v) is 14.7. The second-order valence-electron chi connectivity index (χ2n) is 6.46. The SMILES string of the molecule is Cc1cc(NC(=O)N[C@@H](C)CN2CCN(c3ccccc3)CC2)on1. The van der Waals surface area contributed by atoms with E-state index in [1.54, 1.807) is 6.07 Å². The summed E-state index contributed by atoms with van der Waals surface area (Å²) in [5.41, 5.74) is 2.01. The quantitative estimate of drug-likeness (QED) is 0.871. The summed E-state index contributed by atoms with van der Waals surface area (Å²) in [5.74, 6) is 0.360. The first-order chi connectivity index (χ1) is 12.1. The molecule has 0 saturated carbocycles. The van der Waals surface area contributed by atoms with Crippen LogP contribution in [0.3, 0.4) is 0 Å². The molecule has 0 unspecified atom stereocenters. The second kappa shape index (κ2) is 8.02. The Labute approximate surface area is 148 Å². The summed E-state index contributed by atoms with van der Waals surface area (Å²) in [6, 6.07) is 11.9. The Bertz CT molecular complexity index is 680. The van der Waals surface area contributed by atoms with Gasteiger partial charge < -0.3 is 14.7 Å². The van der Waals surface area contributed by atoms with E-state index in [1.807, 2.05) is 19.9 Å². The van der Waals surface area contributed by atoms with Crippen molar-refractivity contribution in [1.82, 2.24) is 15.4 Å². The highest BCUT2D eigenvalue weighted by Gasteiger charge is 2.19. The number of para-hydroxylation sites is 1. The Hall–Kier alpha value is -2.54. The lowest BCUT2D eigenvalue weighted by Crippen LogP contribution is -2.51. The number of aromatic nitrogens is 1. The van der Waals surface area contributed by atoms with E-state index in [0.29, 0.717) is 5.88 Å². The van der Waals surface area contributed by atoms with Gasteiger partial charge in [0.2, 0.25) is 5.88 Å². The molecule has 134 valence electrons. The summed E-state index contributed by atoms with van der Waals surface area (Å²) in [7, 11) is 0. The first-order valence-electron chi connectivity index (χ1n) is 8.63. The van der Waals surface area contributed by atoms with E-state index < -0.39 is 0 Å². The standard InChI is InChI=1S/C18H25N5O2/c1-14-12-17(25-21-14)20-18(24)19-15(2)13-22-8-10-23(11-9-22)16-6-4-3-5-7-16/h3-7,12,15H,8-11,13H2,1-2H3,(H2,19,20,24)/t15-/m0/s1. The van der Waals surface area contributed by atoms with Gasteiger partial charge in [-0.2, -0.15) is 0 Å². The van der Waals surface area contributed by atoms with Crippen molar-refractivity contribution in [2.24, 2.45) is 0 Å². The van der Waals surface area contributed by atoms with Crippen molar-refractivity contribution in [3.63, 3.8) is 0 Å². The number of carbonyl (C=O) groups excluding carboxylic acids is 1. The monoisotopic (exact) mass is 343 g/mol. The van der Waals surface area contributed by atoms with Crippen molar-refractivity contribution in [2.75, 3.05) is 42.9 Å². The lowest BCUT2D eigenvalue weighted by Gasteiger charge is -2.37. The zero-order chi connectivity index (χ0) is 17.6. The summed E-state index contributed by atoms with van der Waals surface area (Å²) in [4.78, 5) is 16.7. The van der Waals surface area contributed by atoms with Gasteiger partial charge in [-0.1, -0.05) is 23.4 Å².